The first-order valence-electron chi connectivity index (χ1n) is 5.70. The monoisotopic (exact) mass is 224 g/mol. The summed E-state index contributed by atoms with van der Waals surface area (Å²) in [5.41, 5.74) is 0.641. The number of hydrogen-bond acceptors (Lipinski definition) is 3. The van der Waals surface area contributed by atoms with Gasteiger partial charge in [0.05, 0.1) is 0 Å². The molecule has 0 aliphatic heterocycles. The molecule has 0 N–H and O–H groups in total. The van der Waals surface area contributed by atoms with Crippen molar-refractivity contribution in [3.05, 3.63) is 18.0 Å². The van der Waals surface area contributed by atoms with Gasteiger partial charge in [0.25, 0.3) is 0 Å². The molecule has 0 saturated carbocycles. The van der Waals surface area contributed by atoms with Crippen LogP contribution in [-0.4, -0.2) is 28.8 Å². The van der Waals surface area contributed by atoms with Crippen molar-refractivity contribution in [2.24, 2.45) is 5.92 Å². The van der Waals surface area contributed by atoms with Crippen LogP contribution in [0.1, 0.15) is 37.7 Å². The summed E-state index contributed by atoms with van der Waals surface area (Å²) in [4.78, 5) is 12.2. The van der Waals surface area contributed by atoms with Gasteiger partial charge in [-0.05, 0) is 18.4 Å². The van der Waals surface area contributed by atoms with Crippen molar-refractivity contribution in [2.45, 2.75) is 39.8 Å². The van der Waals surface area contributed by atoms with E-state index >= 15 is 0 Å². The summed E-state index contributed by atoms with van der Waals surface area (Å²) in [5.74, 6) is 0.186. The van der Waals surface area contributed by atoms with Crippen LogP contribution in [0.25, 0.3) is 0 Å². The highest BCUT2D eigenvalue weighted by Crippen LogP contribution is 2.13. The number of carbonyl (C=O) groups is 1. The summed E-state index contributed by atoms with van der Waals surface area (Å²) in [6, 6.07) is 1.76. The number of ketones is 1. The van der Waals surface area contributed by atoms with E-state index in [0.717, 1.165) is 13.0 Å². The second-order valence-corrected chi connectivity index (χ2v) is 4.20. The molecular weight excluding hydrogens is 204 g/mol. The molecule has 4 nitrogen and oxygen atoms in total. The van der Waals surface area contributed by atoms with Gasteiger partial charge in [-0.15, -0.1) is 0 Å². The molecule has 0 bridgehead atoms. The Morgan fingerprint density at radius 1 is 1.56 bits per heavy atom. The molecule has 1 atom stereocenters. The van der Waals surface area contributed by atoms with Gasteiger partial charge >= 0.3 is 0 Å². The Morgan fingerprint density at radius 2 is 2.25 bits per heavy atom. The maximum Gasteiger partial charge on any atom is 0.209 e. The van der Waals surface area contributed by atoms with E-state index in [1.165, 1.54) is 0 Å². The number of nitrogens with zero attached hydrogens (tertiary/aromatic N) is 2. The number of Topliss-reactive ketones (excluding diaryl/α,β-unsaturated/α-hetero) is 1. The van der Waals surface area contributed by atoms with Crippen LogP contribution in [0.15, 0.2) is 12.3 Å². The van der Waals surface area contributed by atoms with E-state index in [1.54, 1.807) is 24.1 Å². The first-order chi connectivity index (χ1) is 7.61. The lowest BCUT2D eigenvalue weighted by Gasteiger charge is -2.18. The molecule has 1 aromatic heterocycles. The zero-order valence-electron chi connectivity index (χ0n) is 10.4. The van der Waals surface area contributed by atoms with Gasteiger partial charge in [0, 0.05) is 19.9 Å². The largest absolute Gasteiger partial charge is 0.373 e. The Kier molecular flexibility index (Phi) is 4.68. The molecule has 0 fully saturated rings. The van der Waals surface area contributed by atoms with Gasteiger partial charge in [-0.3, -0.25) is 9.48 Å². The number of hydrogen-bond donors (Lipinski definition) is 0. The van der Waals surface area contributed by atoms with E-state index < -0.39 is 0 Å². The van der Waals surface area contributed by atoms with Crippen LogP contribution in [0.3, 0.4) is 0 Å². The Hall–Kier alpha value is -1.16. The van der Waals surface area contributed by atoms with Gasteiger partial charge in [0.2, 0.25) is 5.78 Å². The highest BCUT2D eigenvalue weighted by atomic mass is 16.5. The third kappa shape index (κ3) is 2.70. The quantitative estimate of drug-likeness (QED) is 0.695. The van der Waals surface area contributed by atoms with Crippen LogP contribution >= 0.6 is 0 Å². The molecule has 0 aliphatic carbocycles. The third-order valence-electron chi connectivity index (χ3n) is 2.52. The third-order valence-corrected chi connectivity index (χ3v) is 2.52. The first kappa shape index (κ1) is 12.9. The number of aromatic nitrogens is 2. The SMILES string of the molecule is CCCn1nccc1C(=O)C(OC)C(C)C. The fourth-order valence-electron chi connectivity index (χ4n) is 1.76. The van der Waals surface area contributed by atoms with Crippen LogP contribution < -0.4 is 0 Å². The molecule has 90 valence electrons. The minimum atomic E-state index is -0.382. The Morgan fingerprint density at radius 3 is 2.75 bits per heavy atom. The van der Waals surface area contributed by atoms with Gasteiger partial charge in [0.15, 0.2) is 0 Å². The van der Waals surface area contributed by atoms with E-state index in [1.807, 2.05) is 13.8 Å². The standard InChI is InChI=1S/C12H20N2O2/c1-5-8-14-10(6-7-13-14)11(15)12(16-4)9(2)3/h6-7,9,12H,5,8H2,1-4H3. The number of aryl methyl sites for hydroxylation is 1. The van der Waals surface area contributed by atoms with Crippen molar-refractivity contribution >= 4 is 5.78 Å². The molecule has 0 spiro atoms. The van der Waals surface area contributed by atoms with Crippen molar-refractivity contribution < 1.29 is 9.53 Å². The van der Waals surface area contributed by atoms with Crippen LogP contribution in [-0.2, 0) is 11.3 Å². The summed E-state index contributed by atoms with van der Waals surface area (Å²) in [5, 5.41) is 4.14. The summed E-state index contributed by atoms with van der Waals surface area (Å²) < 4.78 is 6.99. The van der Waals surface area contributed by atoms with E-state index in [4.69, 9.17) is 4.74 Å². The van der Waals surface area contributed by atoms with Crippen LogP contribution in [0.2, 0.25) is 0 Å². The Balaban J connectivity index is 2.90. The second kappa shape index (κ2) is 5.80. The topological polar surface area (TPSA) is 44.1 Å². The zero-order chi connectivity index (χ0) is 12.1. The van der Waals surface area contributed by atoms with E-state index in [-0.39, 0.29) is 17.8 Å². The lowest BCUT2D eigenvalue weighted by molar-refractivity contribution is 0.0448. The highest BCUT2D eigenvalue weighted by molar-refractivity contribution is 5.98. The van der Waals surface area contributed by atoms with Gasteiger partial charge in [0.1, 0.15) is 11.8 Å². The first-order valence-corrected chi connectivity index (χ1v) is 5.70. The van der Waals surface area contributed by atoms with Crippen molar-refractivity contribution in [1.29, 1.82) is 0 Å². The Bertz CT molecular complexity index is 345. The maximum atomic E-state index is 12.2. The summed E-state index contributed by atoms with van der Waals surface area (Å²) in [6.45, 7) is 6.79. The fraction of sp³-hybridized carbons (Fsp3) is 0.667. The molecule has 4 heteroatoms. The van der Waals surface area contributed by atoms with Gasteiger partial charge in [-0.1, -0.05) is 20.8 Å². The number of ether oxygens (including phenoxy) is 1. The van der Waals surface area contributed by atoms with E-state index in [0.29, 0.717) is 5.69 Å². The van der Waals surface area contributed by atoms with Crippen LogP contribution in [0.5, 0.6) is 0 Å². The van der Waals surface area contributed by atoms with Gasteiger partial charge < -0.3 is 4.74 Å². The van der Waals surface area contributed by atoms with Crippen molar-refractivity contribution in [3.8, 4) is 0 Å². The molecule has 1 aromatic rings. The molecule has 1 unspecified atom stereocenters. The molecule has 16 heavy (non-hydrogen) atoms. The average molecular weight is 224 g/mol. The van der Waals surface area contributed by atoms with Crippen molar-refractivity contribution in [1.82, 2.24) is 9.78 Å². The van der Waals surface area contributed by atoms with Gasteiger partial charge in [-0.2, -0.15) is 5.10 Å². The predicted octanol–water partition coefficient (Wildman–Crippen LogP) is 2.15. The summed E-state index contributed by atoms with van der Waals surface area (Å²) in [7, 11) is 1.57. The smallest absolute Gasteiger partial charge is 0.209 e. The molecule has 0 aliphatic rings. The van der Waals surface area contributed by atoms with E-state index in [2.05, 4.69) is 12.0 Å². The van der Waals surface area contributed by atoms with Crippen LogP contribution in [0, 0.1) is 5.92 Å². The fourth-order valence-corrected chi connectivity index (χ4v) is 1.76. The number of carbonyl (C=O) groups excluding carboxylic acids is 1. The Labute approximate surface area is 96.6 Å². The molecule has 0 amide bonds. The molecule has 1 rings (SSSR count). The lowest BCUT2D eigenvalue weighted by Crippen LogP contribution is -2.30. The second-order valence-electron chi connectivity index (χ2n) is 4.20. The van der Waals surface area contributed by atoms with E-state index in [9.17, 15) is 4.79 Å². The summed E-state index contributed by atoms with van der Waals surface area (Å²) in [6.07, 6.45) is 2.24. The predicted molar refractivity (Wildman–Crippen MR) is 62.5 cm³/mol. The molecule has 0 aromatic carbocycles. The normalized spacial score (nSPS) is 13.1. The zero-order valence-corrected chi connectivity index (χ0v) is 10.4. The molecule has 0 radical (unpaired) electrons. The van der Waals surface area contributed by atoms with Crippen LogP contribution in [0.4, 0.5) is 0 Å². The number of methoxy groups -OCH3 is 1. The minimum Gasteiger partial charge on any atom is -0.373 e. The van der Waals surface area contributed by atoms with Crippen molar-refractivity contribution in [3.63, 3.8) is 0 Å². The lowest BCUT2D eigenvalue weighted by atomic mass is 10.0. The number of rotatable bonds is 6. The molecular formula is C12H20N2O2. The average Bonchev–Trinajstić information content (AvgIpc) is 2.66. The van der Waals surface area contributed by atoms with Crippen molar-refractivity contribution in [2.75, 3.05) is 7.11 Å². The molecule has 1 heterocycles. The minimum absolute atomic E-state index is 0.0171. The maximum absolute atomic E-state index is 12.2. The molecule has 0 saturated heterocycles. The summed E-state index contributed by atoms with van der Waals surface area (Å²) >= 11 is 0. The van der Waals surface area contributed by atoms with Gasteiger partial charge in [-0.25, -0.2) is 0 Å². The highest BCUT2D eigenvalue weighted by Gasteiger charge is 2.25.